The zero-order valence-corrected chi connectivity index (χ0v) is 23.7. The molecule has 1 aliphatic rings. The maximum absolute atomic E-state index is 14.1. The lowest BCUT2D eigenvalue weighted by atomic mass is 9.92. The molecule has 3 aromatic rings. The summed E-state index contributed by atoms with van der Waals surface area (Å²) >= 11 is 7.52. The van der Waals surface area contributed by atoms with Crippen molar-refractivity contribution >= 4 is 40.5 Å². The number of carbonyl (C=O) groups excluding carboxylic acids is 1. The number of amides is 1. The topological polar surface area (TPSA) is 118 Å². The number of hydrogen-bond acceptors (Lipinski definition) is 8. The number of benzene rings is 2. The number of carbonyl (C=O) groups is 2. The predicted octanol–water partition coefficient (Wildman–Crippen LogP) is 4.98. The van der Waals surface area contributed by atoms with Gasteiger partial charge in [-0.3, -0.25) is 4.79 Å². The third-order valence-corrected chi connectivity index (χ3v) is 7.80. The molecule has 9 nitrogen and oxygen atoms in total. The smallest absolute Gasteiger partial charge is 0.347 e. The van der Waals surface area contributed by atoms with Gasteiger partial charge in [-0.15, -0.1) is 11.3 Å². The minimum absolute atomic E-state index is 0.130. The van der Waals surface area contributed by atoms with Gasteiger partial charge in [0.1, 0.15) is 17.1 Å². The first-order valence-electron chi connectivity index (χ1n) is 12.3. The summed E-state index contributed by atoms with van der Waals surface area (Å²) in [5.74, 6) is -0.344. The third-order valence-electron chi connectivity index (χ3n) is 6.52. The van der Waals surface area contributed by atoms with Crippen LogP contribution in [0.25, 0.3) is 0 Å². The van der Waals surface area contributed by atoms with E-state index in [2.05, 4.69) is 4.98 Å². The number of methoxy groups -OCH3 is 2. The minimum atomic E-state index is -1.05. The highest BCUT2D eigenvalue weighted by Crippen LogP contribution is 2.45. The maximum atomic E-state index is 14.1. The van der Waals surface area contributed by atoms with Crippen LogP contribution in [0.5, 0.6) is 11.5 Å². The molecule has 39 heavy (non-hydrogen) atoms. The summed E-state index contributed by atoms with van der Waals surface area (Å²) in [7, 11) is 3.09. The normalized spacial score (nSPS) is 17.5. The number of thiazole rings is 1. The summed E-state index contributed by atoms with van der Waals surface area (Å²) in [5.41, 5.74) is 1.34. The number of fused-ring (bicyclic) bond motifs is 1. The number of aliphatic hydroxyl groups excluding tert-OH is 1. The first-order valence-corrected chi connectivity index (χ1v) is 13.5. The zero-order valence-electron chi connectivity index (χ0n) is 22.1. The van der Waals surface area contributed by atoms with Crippen molar-refractivity contribution in [1.29, 1.82) is 0 Å². The van der Waals surface area contributed by atoms with Crippen molar-refractivity contribution in [3.05, 3.63) is 68.6 Å². The Balaban J connectivity index is 1.83. The first-order chi connectivity index (χ1) is 18.6. The lowest BCUT2D eigenvalue weighted by Gasteiger charge is -2.32. The summed E-state index contributed by atoms with van der Waals surface area (Å²) in [6.07, 6.45) is 0.251. The molecular formula is C28H31ClN2O7S. The van der Waals surface area contributed by atoms with Crippen LogP contribution in [0.15, 0.2) is 42.6 Å². The van der Waals surface area contributed by atoms with E-state index in [4.69, 9.17) is 25.8 Å². The molecular weight excluding hydrogens is 544 g/mol. The number of hydrogen-bond donors (Lipinski definition) is 2. The van der Waals surface area contributed by atoms with Crippen molar-refractivity contribution in [3.8, 4) is 11.5 Å². The Morgan fingerprint density at radius 1 is 1.21 bits per heavy atom. The van der Waals surface area contributed by atoms with E-state index in [1.807, 2.05) is 26.0 Å². The Bertz CT molecular complexity index is 1360. The molecule has 0 radical (unpaired) electrons. The van der Waals surface area contributed by atoms with Crippen LogP contribution in [0, 0.1) is 5.41 Å². The Hall–Kier alpha value is -3.18. The molecule has 0 spiro atoms. The predicted molar refractivity (Wildman–Crippen MR) is 148 cm³/mol. The Labute approximate surface area is 235 Å². The van der Waals surface area contributed by atoms with Gasteiger partial charge in [-0.05, 0) is 30.7 Å². The van der Waals surface area contributed by atoms with Crippen LogP contribution in [0.2, 0.25) is 5.02 Å². The van der Waals surface area contributed by atoms with Crippen LogP contribution in [0.3, 0.4) is 0 Å². The fourth-order valence-corrected chi connectivity index (χ4v) is 5.49. The average molecular weight is 575 g/mol. The van der Waals surface area contributed by atoms with Gasteiger partial charge in [0.25, 0.3) is 5.91 Å². The van der Waals surface area contributed by atoms with Crippen molar-refractivity contribution < 1.29 is 34.0 Å². The highest BCUT2D eigenvalue weighted by molar-refractivity contribution is 7.13. The number of anilines is 1. The van der Waals surface area contributed by atoms with Crippen LogP contribution in [0.4, 0.5) is 5.69 Å². The largest absolute Gasteiger partial charge is 0.493 e. The second-order valence-electron chi connectivity index (χ2n) is 10.00. The number of aliphatic hydroxyl groups is 1. The van der Waals surface area contributed by atoms with Crippen LogP contribution < -0.4 is 14.4 Å². The van der Waals surface area contributed by atoms with Gasteiger partial charge in [0.2, 0.25) is 0 Å². The highest BCUT2D eigenvalue weighted by atomic mass is 35.5. The van der Waals surface area contributed by atoms with Gasteiger partial charge in [0.05, 0.1) is 25.4 Å². The fourth-order valence-electron chi connectivity index (χ4n) is 4.54. The summed E-state index contributed by atoms with van der Waals surface area (Å²) in [5, 5.41) is 20.3. The molecule has 0 saturated carbocycles. The zero-order chi connectivity index (χ0) is 28.3. The molecule has 4 rings (SSSR count). The van der Waals surface area contributed by atoms with Crippen LogP contribution in [0.1, 0.15) is 52.2 Å². The molecule has 2 heterocycles. The first kappa shape index (κ1) is 28.8. The molecule has 0 fully saturated rings. The molecule has 1 aliphatic heterocycles. The van der Waals surface area contributed by atoms with Gasteiger partial charge in [-0.1, -0.05) is 37.6 Å². The van der Waals surface area contributed by atoms with E-state index in [1.54, 1.807) is 36.3 Å². The van der Waals surface area contributed by atoms with Gasteiger partial charge in [0, 0.05) is 46.8 Å². The van der Waals surface area contributed by atoms with Crippen LogP contribution in [-0.2, 0) is 16.0 Å². The van der Waals surface area contributed by atoms with E-state index < -0.39 is 23.6 Å². The molecule has 0 unspecified atom stereocenters. The number of rotatable bonds is 10. The number of aromatic nitrogens is 1. The lowest BCUT2D eigenvalue weighted by Crippen LogP contribution is -2.45. The van der Waals surface area contributed by atoms with E-state index in [0.717, 1.165) is 11.3 Å². The number of carboxylic acids is 1. The lowest BCUT2D eigenvalue weighted by molar-refractivity contribution is -0.132. The number of carboxylic acid groups (broad SMARTS) is 1. The molecule has 2 N–H and O–H groups in total. The Morgan fingerprint density at radius 3 is 2.62 bits per heavy atom. The number of halogens is 1. The maximum Gasteiger partial charge on any atom is 0.347 e. The van der Waals surface area contributed by atoms with Crippen molar-refractivity contribution in [3.63, 3.8) is 0 Å². The van der Waals surface area contributed by atoms with Gasteiger partial charge in [-0.2, -0.15) is 0 Å². The number of aryl methyl sites for hydroxylation is 1. The van der Waals surface area contributed by atoms with E-state index in [0.29, 0.717) is 44.8 Å². The summed E-state index contributed by atoms with van der Waals surface area (Å²) in [4.78, 5) is 31.4. The van der Waals surface area contributed by atoms with E-state index in [-0.39, 0.29) is 30.4 Å². The molecule has 208 valence electrons. The number of aromatic carboxylic acids is 1. The standard InChI is InChI=1S/C28H31ClN2O7S/c1-28(2,15-32)14-31-19-9-8-16(29)12-18(19)24(17-6-5-7-20(36-3)25(17)37-4)38-21(26(31)33)10-11-23-30-13-22(39-23)27(34)35/h5-9,12-13,21,24,32H,10-11,14-15H2,1-4H3,(H,34,35)/t21-,24-/m1/s1. The molecule has 1 aromatic heterocycles. The van der Waals surface area contributed by atoms with Crippen molar-refractivity contribution in [2.75, 3.05) is 32.3 Å². The van der Waals surface area contributed by atoms with Gasteiger partial charge < -0.3 is 29.3 Å². The number of ether oxygens (including phenoxy) is 3. The van der Waals surface area contributed by atoms with Gasteiger partial charge in [0.15, 0.2) is 11.5 Å². The summed E-state index contributed by atoms with van der Waals surface area (Å²) < 4.78 is 17.8. The van der Waals surface area contributed by atoms with Crippen LogP contribution >= 0.6 is 22.9 Å². The molecule has 1 amide bonds. The Morgan fingerprint density at radius 2 is 1.97 bits per heavy atom. The van der Waals surface area contributed by atoms with Crippen molar-refractivity contribution in [1.82, 2.24) is 4.98 Å². The minimum Gasteiger partial charge on any atom is -0.493 e. The second kappa shape index (κ2) is 11.9. The fraction of sp³-hybridized carbons (Fsp3) is 0.393. The van der Waals surface area contributed by atoms with E-state index in [1.165, 1.54) is 13.3 Å². The van der Waals surface area contributed by atoms with Gasteiger partial charge >= 0.3 is 5.97 Å². The molecule has 0 saturated heterocycles. The summed E-state index contributed by atoms with van der Waals surface area (Å²) in [6.45, 7) is 3.86. The quantitative estimate of drug-likeness (QED) is 0.348. The molecule has 2 atom stereocenters. The summed E-state index contributed by atoms with van der Waals surface area (Å²) in [6, 6.07) is 10.7. The van der Waals surface area contributed by atoms with Gasteiger partial charge in [-0.25, -0.2) is 9.78 Å². The number of para-hydroxylation sites is 1. The molecule has 0 bridgehead atoms. The molecule has 0 aliphatic carbocycles. The molecule has 2 aromatic carbocycles. The molecule has 11 heteroatoms. The monoisotopic (exact) mass is 574 g/mol. The van der Waals surface area contributed by atoms with Crippen LogP contribution in [-0.4, -0.2) is 60.5 Å². The average Bonchev–Trinajstić information content (AvgIpc) is 3.37. The third kappa shape index (κ3) is 6.19. The van der Waals surface area contributed by atoms with Crippen molar-refractivity contribution in [2.24, 2.45) is 5.41 Å². The van der Waals surface area contributed by atoms with E-state index in [9.17, 15) is 19.8 Å². The SMILES string of the molecule is COc1cccc([C@H]2O[C@H](CCc3ncc(C(=O)O)s3)C(=O)N(CC(C)(C)CO)c3ccc(Cl)cc32)c1OC. The Kier molecular flexibility index (Phi) is 8.80. The van der Waals surface area contributed by atoms with E-state index >= 15 is 0 Å². The second-order valence-corrected chi connectivity index (χ2v) is 11.6. The highest BCUT2D eigenvalue weighted by Gasteiger charge is 2.39. The number of nitrogens with zero attached hydrogens (tertiary/aromatic N) is 2. The van der Waals surface area contributed by atoms with Crippen molar-refractivity contribution in [2.45, 2.75) is 38.9 Å².